The molecule has 1 amide bonds. The second-order valence-corrected chi connectivity index (χ2v) is 5.74. The van der Waals surface area contributed by atoms with Crippen molar-refractivity contribution in [3.8, 4) is 0 Å². The quantitative estimate of drug-likeness (QED) is 0.768. The molecule has 2 N–H and O–H groups in total. The average Bonchev–Trinajstić information content (AvgIpc) is 3.00. The van der Waals surface area contributed by atoms with Gasteiger partial charge in [0.2, 0.25) is 5.91 Å². The number of carbonyl (C=O) groups excluding carboxylic acids is 1. The second kappa shape index (κ2) is 6.79. The van der Waals surface area contributed by atoms with Crippen LogP contribution in [0.1, 0.15) is 39.0 Å². The molecule has 0 unspecified atom stereocenters. The minimum Gasteiger partial charge on any atom is -0.353 e. The molecule has 19 heavy (non-hydrogen) atoms. The zero-order valence-electron chi connectivity index (χ0n) is 11.1. The monoisotopic (exact) mass is 284 g/mol. The van der Waals surface area contributed by atoms with Crippen molar-refractivity contribution in [2.24, 2.45) is 0 Å². The first-order chi connectivity index (χ1) is 9.20. The molecule has 1 aromatic rings. The number of hydrogen-bond donors (Lipinski definition) is 2. The maximum atomic E-state index is 11.8. The van der Waals surface area contributed by atoms with E-state index in [9.17, 15) is 9.59 Å². The SMILES string of the molecule is CCCn1c(SCC(=O)NC2CCCC2)n[nH]c1=O. The van der Waals surface area contributed by atoms with E-state index in [2.05, 4.69) is 15.5 Å². The molecule has 6 nitrogen and oxygen atoms in total. The molecule has 0 spiro atoms. The highest BCUT2D eigenvalue weighted by molar-refractivity contribution is 7.99. The third kappa shape index (κ3) is 3.86. The van der Waals surface area contributed by atoms with Gasteiger partial charge in [0.1, 0.15) is 0 Å². The molecule has 0 aliphatic heterocycles. The van der Waals surface area contributed by atoms with Crippen molar-refractivity contribution in [2.45, 2.75) is 56.8 Å². The Kier molecular flexibility index (Phi) is 5.07. The number of hydrogen-bond acceptors (Lipinski definition) is 4. The van der Waals surface area contributed by atoms with E-state index in [-0.39, 0.29) is 11.6 Å². The van der Waals surface area contributed by atoms with Crippen molar-refractivity contribution in [2.75, 3.05) is 5.75 Å². The first kappa shape index (κ1) is 14.2. The zero-order valence-corrected chi connectivity index (χ0v) is 12.0. The van der Waals surface area contributed by atoms with Gasteiger partial charge in [0.25, 0.3) is 0 Å². The molecular formula is C12H20N4O2S. The predicted molar refractivity (Wildman–Crippen MR) is 74.3 cm³/mol. The fourth-order valence-corrected chi connectivity index (χ4v) is 3.09. The third-order valence-corrected chi connectivity index (χ3v) is 4.20. The number of nitrogens with zero attached hydrogens (tertiary/aromatic N) is 2. The molecule has 0 bridgehead atoms. The number of rotatable bonds is 6. The van der Waals surface area contributed by atoms with E-state index in [1.54, 1.807) is 4.57 Å². The van der Waals surface area contributed by atoms with Crippen LogP contribution in [0.2, 0.25) is 0 Å². The summed E-state index contributed by atoms with van der Waals surface area (Å²) in [5.41, 5.74) is -0.208. The second-order valence-electron chi connectivity index (χ2n) is 4.80. The topological polar surface area (TPSA) is 79.8 Å². The molecule has 0 aromatic carbocycles. The summed E-state index contributed by atoms with van der Waals surface area (Å²) in [5, 5.41) is 9.98. The number of nitrogens with one attached hydrogen (secondary N) is 2. The molecule has 1 saturated carbocycles. The van der Waals surface area contributed by atoms with Crippen molar-refractivity contribution in [3.63, 3.8) is 0 Å². The van der Waals surface area contributed by atoms with Crippen LogP contribution in [0, 0.1) is 0 Å². The molecule has 7 heteroatoms. The van der Waals surface area contributed by atoms with E-state index in [0.717, 1.165) is 19.3 Å². The van der Waals surface area contributed by atoms with Crippen molar-refractivity contribution in [1.82, 2.24) is 20.1 Å². The number of carbonyl (C=O) groups is 1. The van der Waals surface area contributed by atoms with Crippen LogP contribution in [-0.2, 0) is 11.3 Å². The number of thioether (sulfide) groups is 1. The number of aromatic amines is 1. The van der Waals surface area contributed by atoms with Gasteiger partial charge in [0.05, 0.1) is 5.75 Å². The lowest BCUT2D eigenvalue weighted by molar-refractivity contribution is -0.119. The highest BCUT2D eigenvalue weighted by Gasteiger charge is 2.17. The Balaban J connectivity index is 1.84. The largest absolute Gasteiger partial charge is 0.353 e. The minimum absolute atomic E-state index is 0.0235. The molecule has 1 aliphatic carbocycles. The van der Waals surface area contributed by atoms with Crippen LogP contribution < -0.4 is 11.0 Å². The molecule has 2 rings (SSSR count). The van der Waals surface area contributed by atoms with Crippen molar-refractivity contribution in [1.29, 1.82) is 0 Å². The Labute approximate surface area is 116 Å². The molecule has 1 aromatic heterocycles. The van der Waals surface area contributed by atoms with E-state index >= 15 is 0 Å². The van der Waals surface area contributed by atoms with Gasteiger partial charge in [-0.05, 0) is 19.3 Å². The van der Waals surface area contributed by atoms with Gasteiger partial charge >= 0.3 is 5.69 Å². The van der Waals surface area contributed by atoms with Crippen LogP contribution in [0.25, 0.3) is 0 Å². The Morgan fingerprint density at radius 3 is 2.95 bits per heavy atom. The summed E-state index contributed by atoms with van der Waals surface area (Å²) in [4.78, 5) is 23.3. The summed E-state index contributed by atoms with van der Waals surface area (Å²) in [5.74, 6) is 0.334. The smallest absolute Gasteiger partial charge is 0.343 e. The Bertz CT molecular complexity index is 476. The van der Waals surface area contributed by atoms with Gasteiger partial charge in [0.15, 0.2) is 5.16 Å². The van der Waals surface area contributed by atoms with Crippen LogP contribution in [0.4, 0.5) is 0 Å². The highest BCUT2D eigenvalue weighted by Crippen LogP contribution is 2.18. The molecule has 0 radical (unpaired) electrons. The summed E-state index contributed by atoms with van der Waals surface area (Å²) in [7, 11) is 0. The van der Waals surface area contributed by atoms with Crippen molar-refractivity contribution < 1.29 is 4.79 Å². The van der Waals surface area contributed by atoms with Gasteiger partial charge in [-0.2, -0.15) is 0 Å². The molecule has 0 atom stereocenters. The van der Waals surface area contributed by atoms with Gasteiger partial charge in [-0.15, -0.1) is 5.10 Å². The van der Waals surface area contributed by atoms with E-state index in [1.165, 1.54) is 24.6 Å². The predicted octanol–water partition coefficient (Wildman–Crippen LogP) is 1.13. The van der Waals surface area contributed by atoms with Gasteiger partial charge in [-0.1, -0.05) is 31.5 Å². The van der Waals surface area contributed by atoms with E-state index in [1.807, 2.05) is 6.92 Å². The first-order valence-corrected chi connectivity index (χ1v) is 7.76. The minimum atomic E-state index is -0.208. The summed E-state index contributed by atoms with van der Waals surface area (Å²) in [6.07, 6.45) is 5.43. The summed E-state index contributed by atoms with van der Waals surface area (Å²) >= 11 is 1.31. The van der Waals surface area contributed by atoms with E-state index < -0.39 is 0 Å². The molecule has 0 saturated heterocycles. The summed E-state index contributed by atoms with van der Waals surface area (Å²) in [6.45, 7) is 2.63. The highest BCUT2D eigenvalue weighted by atomic mass is 32.2. The van der Waals surface area contributed by atoms with E-state index in [0.29, 0.717) is 23.5 Å². The van der Waals surface area contributed by atoms with Crippen LogP contribution in [-0.4, -0.2) is 32.5 Å². The molecule has 1 fully saturated rings. The normalized spacial score (nSPS) is 15.8. The lowest BCUT2D eigenvalue weighted by atomic mass is 10.2. The van der Waals surface area contributed by atoms with Crippen LogP contribution in [0.5, 0.6) is 0 Å². The maximum absolute atomic E-state index is 11.8. The summed E-state index contributed by atoms with van der Waals surface area (Å²) in [6, 6.07) is 0.338. The molecular weight excluding hydrogens is 264 g/mol. The van der Waals surface area contributed by atoms with Gasteiger partial charge in [-0.3, -0.25) is 9.36 Å². The van der Waals surface area contributed by atoms with Crippen molar-refractivity contribution in [3.05, 3.63) is 10.5 Å². The fraction of sp³-hybridized carbons (Fsp3) is 0.750. The Hall–Kier alpha value is -1.24. The first-order valence-electron chi connectivity index (χ1n) is 6.78. The summed E-state index contributed by atoms with van der Waals surface area (Å²) < 4.78 is 1.58. The zero-order chi connectivity index (χ0) is 13.7. The number of aromatic nitrogens is 3. The fourth-order valence-electron chi connectivity index (χ4n) is 2.30. The average molecular weight is 284 g/mol. The van der Waals surface area contributed by atoms with E-state index in [4.69, 9.17) is 0 Å². The third-order valence-electron chi connectivity index (χ3n) is 3.22. The Morgan fingerprint density at radius 1 is 1.53 bits per heavy atom. The van der Waals surface area contributed by atoms with Crippen molar-refractivity contribution >= 4 is 17.7 Å². The Morgan fingerprint density at radius 2 is 2.26 bits per heavy atom. The number of amides is 1. The van der Waals surface area contributed by atoms with Gasteiger partial charge in [-0.25, -0.2) is 9.89 Å². The standard InChI is InChI=1S/C12H20N4O2S/c1-2-7-16-11(18)14-15-12(16)19-8-10(17)13-9-5-3-4-6-9/h9H,2-8H2,1H3,(H,13,17)(H,14,18). The lowest BCUT2D eigenvalue weighted by Crippen LogP contribution is -2.33. The lowest BCUT2D eigenvalue weighted by Gasteiger charge is -2.11. The van der Waals surface area contributed by atoms with Crippen LogP contribution in [0.15, 0.2) is 9.95 Å². The van der Waals surface area contributed by atoms with Gasteiger partial charge in [0, 0.05) is 12.6 Å². The van der Waals surface area contributed by atoms with Crippen LogP contribution in [0.3, 0.4) is 0 Å². The number of H-pyrrole nitrogens is 1. The molecule has 1 heterocycles. The maximum Gasteiger partial charge on any atom is 0.343 e. The molecule has 106 valence electrons. The van der Waals surface area contributed by atoms with Crippen LogP contribution >= 0.6 is 11.8 Å². The van der Waals surface area contributed by atoms with Gasteiger partial charge < -0.3 is 5.32 Å². The molecule has 1 aliphatic rings.